The van der Waals surface area contributed by atoms with Gasteiger partial charge in [0.15, 0.2) is 0 Å². The molecule has 2 aromatic rings. The molecule has 0 aliphatic rings. The number of ether oxygens (including phenoxy) is 2. The summed E-state index contributed by atoms with van der Waals surface area (Å²) in [4.78, 5) is 23.5. The first kappa shape index (κ1) is 39.8. The van der Waals surface area contributed by atoms with Gasteiger partial charge in [-0.25, -0.2) is 22.3 Å². The highest BCUT2D eigenvalue weighted by atomic mass is 32.2. The minimum Gasteiger partial charge on any atom is -0.744 e. The van der Waals surface area contributed by atoms with Gasteiger partial charge in [0.05, 0.1) is 19.1 Å². The molecule has 252 valence electrons. The second kappa shape index (κ2) is 22.3. The van der Waals surface area contributed by atoms with Crippen molar-refractivity contribution in [2.45, 2.75) is 121 Å². The number of esters is 2. The SMILES string of the molecule is C=C(C)C(=O)OC(CCCCCCCC(=O)OC)C(CCCCCCCC)n1cc[n+](C)c1.C=Cc1ccc(S(=O)(=O)[O-])cc1. The highest BCUT2D eigenvalue weighted by Gasteiger charge is 2.30. The van der Waals surface area contributed by atoms with Gasteiger partial charge in [0.1, 0.15) is 34.7 Å². The predicted molar refractivity (Wildman–Crippen MR) is 176 cm³/mol. The molecule has 2 rings (SSSR count). The lowest BCUT2D eigenvalue weighted by atomic mass is 9.97. The quantitative estimate of drug-likeness (QED) is 0.0462. The van der Waals surface area contributed by atoms with E-state index in [0.717, 1.165) is 56.9 Å². The van der Waals surface area contributed by atoms with Crippen LogP contribution in [0.2, 0.25) is 0 Å². The second-order valence-electron chi connectivity index (χ2n) is 11.5. The number of benzene rings is 1. The number of nitrogens with zero attached hydrogens (tertiary/aromatic N) is 2. The molecule has 0 spiro atoms. The van der Waals surface area contributed by atoms with Crippen LogP contribution in [0.4, 0.5) is 0 Å². The summed E-state index contributed by atoms with van der Waals surface area (Å²) < 4.78 is 46.3. The second-order valence-corrected chi connectivity index (χ2v) is 12.9. The van der Waals surface area contributed by atoms with Crippen LogP contribution in [-0.4, -0.2) is 42.7 Å². The number of methoxy groups -OCH3 is 1. The number of aromatic nitrogens is 2. The molecular formula is C35H54N2O7S. The van der Waals surface area contributed by atoms with Crippen molar-refractivity contribution < 1.29 is 36.6 Å². The first-order valence-corrected chi connectivity index (χ1v) is 17.5. The van der Waals surface area contributed by atoms with Gasteiger partial charge in [0.2, 0.25) is 6.33 Å². The van der Waals surface area contributed by atoms with Crippen molar-refractivity contribution in [3.63, 3.8) is 0 Å². The smallest absolute Gasteiger partial charge is 0.333 e. The van der Waals surface area contributed by atoms with Gasteiger partial charge >= 0.3 is 11.9 Å². The molecule has 0 N–H and O–H groups in total. The lowest BCUT2D eigenvalue weighted by molar-refractivity contribution is -0.671. The maximum atomic E-state index is 12.4. The topological polar surface area (TPSA) is 119 Å². The lowest BCUT2D eigenvalue weighted by Crippen LogP contribution is -2.31. The number of hydrogen-bond donors (Lipinski definition) is 0. The third-order valence-electron chi connectivity index (χ3n) is 7.56. The Morgan fingerprint density at radius 1 is 0.978 bits per heavy atom. The molecule has 0 saturated heterocycles. The Kier molecular flexibility index (Phi) is 19.7. The molecule has 10 heteroatoms. The first-order chi connectivity index (χ1) is 21.4. The average molecular weight is 647 g/mol. The van der Waals surface area contributed by atoms with Gasteiger partial charge in [-0.05, 0) is 56.7 Å². The summed E-state index contributed by atoms with van der Waals surface area (Å²) in [5.74, 6) is -0.443. The highest BCUT2D eigenvalue weighted by molar-refractivity contribution is 7.85. The van der Waals surface area contributed by atoms with Crippen molar-refractivity contribution in [1.82, 2.24) is 4.57 Å². The van der Waals surface area contributed by atoms with Crippen molar-refractivity contribution in [3.05, 3.63) is 67.3 Å². The van der Waals surface area contributed by atoms with Crippen LogP contribution in [0.25, 0.3) is 6.08 Å². The van der Waals surface area contributed by atoms with Crippen LogP contribution >= 0.6 is 0 Å². The molecule has 0 aliphatic heterocycles. The van der Waals surface area contributed by atoms with E-state index in [4.69, 9.17) is 9.47 Å². The summed E-state index contributed by atoms with van der Waals surface area (Å²) >= 11 is 0. The minimum absolute atomic E-state index is 0.125. The Morgan fingerprint density at radius 2 is 1.56 bits per heavy atom. The van der Waals surface area contributed by atoms with Gasteiger partial charge in [-0.2, -0.15) is 0 Å². The summed E-state index contributed by atoms with van der Waals surface area (Å²) in [6.45, 7) is 11.2. The maximum absolute atomic E-state index is 12.4. The third-order valence-corrected chi connectivity index (χ3v) is 8.41. The summed E-state index contributed by atoms with van der Waals surface area (Å²) in [6.07, 6.45) is 22.4. The van der Waals surface area contributed by atoms with Crippen LogP contribution in [-0.2, 0) is 36.2 Å². The summed E-state index contributed by atoms with van der Waals surface area (Å²) in [7, 11) is -0.865. The fraction of sp³-hybridized carbons (Fsp3) is 0.571. The summed E-state index contributed by atoms with van der Waals surface area (Å²) in [5.41, 5.74) is 1.22. The average Bonchev–Trinajstić information content (AvgIpc) is 3.44. The molecule has 1 aromatic carbocycles. The first-order valence-electron chi connectivity index (χ1n) is 16.1. The number of imidazole rings is 1. The van der Waals surface area contributed by atoms with Crippen LogP contribution < -0.4 is 4.57 Å². The Labute approximate surface area is 271 Å². The number of rotatable bonds is 21. The number of unbranched alkanes of at least 4 members (excludes halogenated alkanes) is 9. The van der Waals surface area contributed by atoms with E-state index < -0.39 is 10.1 Å². The zero-order valence-electron chi connectivity index (χ0n) is 27.7. The van der Waals surface area contributed by atoms with Crippen LogP contribution in [0, 0.1) is 0 Å². The summed E-state index contributed by atoms with van der Waals surface area (Å²) in [5, 5.41) is 0. The molecule has 0 fully saturated rings. The largest absolute Gasteiger partial charge is 0.744 e. The molecule has 0 amide bonds. The zero-order chi connectivity index (χ0) is 33.7. The van der Waals surface area contributed by atoms with E-state index in [1.165, 1.54) is 63.5 Å². The molecule has 45 heavy (non-hydrogen) atoms. The van der Waals surface area contributed by atoms with E-state index in [-0.39, 0.29) is 29.0 Å². The van der Waals surface area contributed by atoms with Crippen LogP contribution in [0.3, 0.4) is 0 Å². The fourth-order valence-electron chi connectivity index (χ4n) is 4.91. The molecule has 2 atom stereocenters. The van der Waals surface area contributed by atoms with Gasteiger partial charge in [-0.1, -0.05) is 89.7 Å². The van der Waals surface area contributed by atoms with Gasteiger partial charge < -0.3 is 14.0 Å². The lowest BCUT2D eigenvalue weighted by Gasteiger charge is -2.25. The number of carbonyl (C=O) groups is 2. The van der Waals surface area contributed by atoms with E-state index in [2.05, 4.69) is 37.2 Å². The number of hydrogen-bond acceptors (Lipinski definition) is 7. The van der Waals surface area contributed by atoms with Gasteiger partial charge in [-0.3, -0.25) is 4.79 Å². The van der Waals surface area contributed by atoms with E-state index in [0.29, 0.717) is 12.0 Å². The zero-order valence-corrected chi connectivity index (χ0v) is 28.6. The molecular weight excluding hydrogens is 592 g/mol. The standard InChI is InChI=1S/C27H47N2O4.C8H8O3S/c1-6-7-8-9-11-14-17-24(29-21-20-28(4)22-29)25(33-27(31)23(2)3)18-15-12-10-13-16-19-26(30)32-5;1-2-7-3-5-8(6-4-7)12(9,10)11/h20-22,24-25H,2,6-19H2,1,3-5H3;2-6H,1H2,(H,9,10,11)/q+1;/p-1. The highest BCUT2D eigenvalue weighted by Crippen LogP contribution is 2.27. The van der Waals surface area contributed by atoms with Crippen molar-refractivity contribution in [1.29, 1.82) is 0 Å². The molecule has 0 radical (unpaired) electrons. The maximum Gasteiger partial charge on any atom is 0.333 e. The molecule has 0 bridgehead atoms. The van der Waals surface area contributed by atoms with E-state index in [1.807, 2.05) is 17.8 Å². The van der Waals surface area contributed by atoms with Crippen molar-refractivity contribution >= 4 is 28.1 Å². The van der Waals surface area contributed by atoms with E-state index in [9.17, 15) is 22.6 Å². The third kappa shape index (κ3) is 17.1. The Balaban J connectivity index is 0.000000701. The van der Waals surface area contributed by atoms with Crippen molar-refractivity contribution in [3.8, 4) is 0 Å². The number of aryl methyl sites for hydroxylation is 1. The summed E-state index contributed by atoms with van der Waals surface area (Å²) in [6, 6.07) is 5.70. The van der Waals surface area contributed by atoms with E-state index >= 15 is 0 Å². The Morgan fingerprint density at radius 3 is 2.07 bits per heavy atom. The van der Waals surface area contributed by atoms with Gasteiger partial charge in [0, 0.05) is 12.0 Å². The normalized spacial score (nSPS) is 12.4. The Hall–Kier alpha value is -3.24. The molecule has 9 nitrogen and oxygen atoms in total. The van der Waals surface area contributed by atoms with E-state index in [1.54, 1.807) is 13.0 Å². The Bertz CT molecular complexity index is 1270. The fourth-order valence-corrected chi connectivity index (χ4v) is 5.38. The van der Waals surface area contributed by atoms with Crippen molar-refractivity contribution in [2.24, 2.45) is 7.05 Å². The molecule has 1 heterocycles. The number of carbonyl (C=O) groups excluding carboxylic acids is 2. The van der Waals surface area contributed by atoms with Crippen LogP contribution in [0.15, 0.2) is 66.6 Å². The van der Waals surface area contributed by atoms with Crippen LogP contribution in [0.5, 0.6) is 0 Å². The molecule has 1 aromatic heterocycles. The van der Waals surface area contributed by atoms with Crippen LogP contribution in [0.1, 0.15) is 115 Å². The molecule has 0 aliphatic carbocycles. The van der Waals surface area contributed by atoms with Crippen molar-refractivity contribution in [2.75, 3.05) is 7.11 Å². The predicted octanol–water partition coefficient (Wildman–Crippen LogP) is 7.23. The van der Waals surface area contributed by atoms with Gasteiger partial charge in [-0.15, -0.1) is 0 Å². The molecule has 0 saturated carbocycles. The molecule has 2 unspecified atom stereocenters. The monoisotopic (exact) mass is 646 g/mol. The van der Waals surface area contributed by atoms with Gasteiger partial charge in [0.25, 0.3) is 0 Å². The minimum atomic E-state index is -4.31.